The molecule has 1 aromatic heterocycles. The van der Waals surface area contributed by atoms with Gasteiger partial charge in [0.25, 0.3) is 0 Å². The highest BCUT2D eigenvalue weighted by Crippen LogP contribution is 2.19. The summed E-state index contributed by atoms with van der Waals surface area (Å²) in [6.07, 6.45) is 1.40. The van der Waals surface area contributed by atoms with Crippen LogP contribution in [0.1, 0.15) is 23.5 Å². The Morgan fingerprint density at radius 2 is 2.27 bits per heavy atom. The Balaban J connectivity index is 3.28. The Morgan fingerprint density at radius 3 is 2.73 bits per heavy atom. The number of hydrogen-bond donors (Lipinski definition) is 1. The van der Waals surface area contributed by atoms with E-state index in [-0.39, 0.29) is 10.7 Å². The molecule has 0 fully saturated rings. The summed E-state index contributed by atoms with van der Waals surface area (Å²) in [4.78, 5) is 11.1. The van der Waals surface area contributed by atoms with Crippen LogP contribution in [0.4, 0.5) is 0 Å². The lowest BCUT2D eigenvalue weighted by molar-refractivity contribution is 0.489. The molecule has 0 radical (unpaired) electrons. The Bertz CT molecular complexity index is 301. The lowest BCUT2D eigenvalue weighted by Gasteiger charge is -2.04. The van der Waals surface area contributed by atoms with Gasteiger partial charge in [0.05, 0.1) is 11.5 Å². The Kier molecular flexibility index (Phi) is 2.39. The Hall–Kier alpha value is -0.700. The highest BCUT2D eigenvalue weighted by Gasteiger charge is 2.07. The predicted molar refractivity (Wildman–Crippen MR) is 47.1 cm³/mol. The van der Waals surface area contributed by atoms with Gasteiger partial charge in [-0.1, -0.05) is 0 Å². The summed E-state index contributed by atoms with van der Waals surface area (Å²) < 4.78 is 5.12. The molecule has 0 saturated carbocycles. The first-order valence-corrected chi connectivity index (χ1v) is 3.91. The average Bonchev–Trinajstić information content (AvgIpc) is 1.94. The molecule has 0 bridgehead atoms. The highest BCUT2D eigenvalue weighted by molar-refractivity contribution is 7.80. The monoisotopic (exact) mass is 170 g/mol. The molecule has 0 aromatic carbocycles. The van der Waals surface area contributed by atoms with Gasteiger partial charge in [-0.05, 0) is 13.8 Å². The maximum Gasteiger partial charge on any atom is 0.188 e. The minimum atomic E-state index is -0.0242. The molecule has 1 rings (SSSR count). The summed E-state index contributed by atoms with van der Waals surface area (Å²) in [5.41, 5.74) is 0.655. The van der Waals surface area contributed by atoms with Crippen molar-refractivity contribution in [2.24, 2.45) is 0 Å². The molecule has 0 aliphatic carbocycles. The second-order valence-corrected chi connectivity index (χ2v) is 3.22. The molecule has 0 aliphatic rings. The van der Waals surface area contributed by atoms with E-state index in [0.717, 1.165) is 0 Å². The summed E-state index contributed by atoms with van der Waals surface area (Å²) in [7, 11) is 0. The second-order valence-electron chi connectivity index (χ2n) is 2.45. The molecular weight excluding hydrogens is 160 g/mol. The van der Waals surface area contributed by atoms with E-state index in [1.54, 1.807) is 6.92 Å². The van der Waals surface area contributed by atoms with Gasteiger partial charge in [0.15, 0.2) is 5.43 Å². The van der Waals surface area contributed by atoms with E-state index in [2.05, 4.69) is 12.6 Å². The van der Waals surface area contributed by atoms with Crippen molar-refractivity contribution in [3.8, 4) is 0 Å². The molecule has 0 aliphatic heterocycles. The van der Waals surface area contributed by atoms with Crippen molar-refractivity contribution in [2.45, 2.75) is 19.1 Å². The number of hydrogen-bond acceptors (Lipinski definition) is 3. The predicted octanol–water partition coefficient (Wildman–Crippen LogP) is 1.94. The van der Waals surface area contributed by atoms with E-state index < -0.39 is 0 Å². The molecule has 2 nitrogen and oxygen atoms in total. The van der Waals surface area contributed by atoms with E-state index in [0.29, 0.717) is 11.3 Å². The van der Waals surface area contributed by atoms with Crippen LogP contribution in [-0.2, 0) is 0 Å². The van der Waals surface area contributed by atoms with E-state index in [4.69, 9.17) is 4.42 Å². The van der Waals surface area contributed by atoms with Gasteiger partial charge >= 0.3 is 0 Å². The number of rotatable bonds is 1. The van der Waals surface area contributed by atoms with Gasteiger partial charge < -0.3 is 4.42 Å². The zero-order valence-corrected chi connectivity index (χ0v) is 7.39. The fraction of sp³-hybridized carbons (Fsp3) is 0.375. The van der Waals surface area contributed by atoms with Crippen LogP contribution in [0, 0.1) is 6.92 Å². The molecule has 3 heteroatoms. The van der Waals surface area contributed by atoms with Crippen LogP contribution < -0.4 is 5.43 Å². The number of thiol groups is 1. The first-order chi connectivity index (χ1) is 5.13. The zero-order chi connectivity index (χ0) is 8.43. The smallest absolute Gasteiger partial charge is 0.188 e. The van der Waals surface area contributed by atoms with Crippen LogP contribution in [0.2, 0.25) is 0 Å². The highest BCUT2D eigenvalue weighted by atomic mass is 32.1. The third-order valence-corrected chi connectivity index (χ3v) is 1.77. The molecule has 1 unspecified atom stereocenters. The van der Waals surface area contributed by atoms with Gasteiger partial charge in [0.1, 0.15) is 5.76 Å². The minimum absolute atomic E-state index is 0.00662. The maximum atomic E-state index is 11.1. The van der Waals surface area contributed by atoms with Gasteiger partial charge in [0, 0.05) is 11.6 Å². The summed E-state index contributed by atoms with van der Waals surface area (Å²) in [6, 6.07) is 1.41. The lowest BCUT2D eigenvalue weighted by atomic mass is 10.2. The Morgan fingerprint density at radius 1 is 1.64 bits per heavy atom. The average molecular weight is 170 g/mol. The topological polar surface area (TPSA) is 30.2 Å². The molecule has 1 aromatic rings. The molecule has 0 saturated heterocycles. The first-order valence-electron chi connectivity index (χ1n) is 3.39. The first kappa shape index (κ1) is 8.40. The summed E-state index contributed by atoms with van der Waals surface area (Å²) >= 11 is 4.17. The zero-order valence-electron chi connectivity index (χ0n) is 6.50. The van der Waals surface area contributed by atoms with E-state index in [9.17, 15) is 4.79 Å². The van der Waals surface area contributed by atoms with Crippen molar-refractivity contribution in [1.29, 1.82) is 0 Å². The van der Waals surface area contributed by atoms with Crippen molar-refractivity contribution in [2.75, 3.05) is 0 Å². The standard InChI is InChI=1S/C8H10O2S/c1-5-7(9)3-4-10-8(5)6(2)11/h3-4,6,11H,1-2H3. The molecular formula is C8H10O2S. The molecule has 11 heavy (non-hydrogen) atoms. The van der Waals surface area contributed by atoms with Crippen LogP contribution in [0.15, 0.2) is 21.5 Å². The van der Waals surface area contributed by atoms with Crippen LogP contribution in [0.3, 0.4) is 0 Å². The maximum absolute atomic E-state index is 11.1. The molecule has 60 valence electrons. The van der Waals surface area contributed by atoms with Gasteiger partial charge in [-0.25, -0.2) is 0 Å². The van der Waals surface area contributed by atoms with Gasteiger partial charge in [-0.2, -0.15) is 12.6 Å². The van der Waals surface area contributed by atoms with Crippen molar-refractivity contribution in [3.05, 3.63) is 33.9 Å². The third-order valence-electron chi connectivity index (χ3n) is 1.53. The van der Waals surface area contributed by atoms with Crippen LogP contribution in [0.25, 0.3) is 0 Å². The molecule has 0 N–H and O–H groups in total. The van der Waals surface area contributed by atoms with Gasteiger partial charge in [-0.15, -0.1) is 0 Å². The van der Waals surface area contributed by atoms with Crippen LogP contribution in [0.5, 0.6) is 0 Å². The summed E-state index contributed by atoms with van der Waals surface area (Å²) in [6.45, 7) is 3.61. The van der Waals surface area contributed by atoms with Crippen LogP contribution in [-0.4, -0.2) is 0 Å². The third kappa shape index (κ3) is 1.66. The molecule has 0 amide bonds. The van der Waals surface area contributed by atoms with E-state index in [1.807, 2.05) is 6.92 Å². The van der Waals surface area contributed by atoms with Crippen molar-refractivity contribution >= 4 is 12.6 Å². The molecule has 1 heterocycles. The van der Waals surface area contributed by atoms with Crippen molar-refractivity contribution < 1.29 is 4.42 Å². The fourth-order valence-electron chi connectivity index (χ4n) is 0.916. The minimum Gasteiger partial charge on any atom is -0.468 e. The van der Waals surface area contributed by atoms with E-state index in [1.165, 1.54) is 12.3 Å². The summed E-state index contributed by atoms with van der Waals surface area (Å²) in [5, 5.41) is -0.0242. The quantitative estimate of drug-likeness (QED) is 0.653. The second kappa shape index (κ2) is 3.13. The molecule has 1 atom stereocenters. The molecule has 0 spiro atoms. The van der Waals surface area contributed by atoms with Crippen molar-refractivity contribution in [1.82, 2.24) is 0 Å². The largest absolute Gasteiger partial charge is 0.468 e. The van der Waals surface area contributed by atoms with Gasteiger partial charge in [0.2, 0.25) is 0 Å². The summed E-state index contributed by atoms with van der Waals surface area (Å²) in [5.74, 6) is 0.654. The van der Waals surface area contributed by atoms with Crippen LogP contribution >= 0.6 is 12.6 Å². The van der Waals surface area contributed by atoms with Crippen molar-refractivity contribution in [3.63, 3.8) is 0 Å². The Labute approximate surface area is 70.6 Å². The normalized spacial score (nSPS) is 13.0. The van der Waals surface area contributed by atoms with E-state index >= 15 is 0 Å². The fourth-order valence-corrected chi connectivity index (χ4v) is 1.17. The van der Waals surface area contributed by atoms with Gasteiger partial charge in [-0.3, -0.25) is 4.79 Å². The SMILES string of the molecule is Cc1c(C(C)S)occc1=O. The lowest BCUT2D eigenvalue weighted by Crippen LogP contribution is -2.06.